The van der Waals surface area contributed by atoms with E-state index in [4.69, 9.17) is 0 Å². The molecule has 0 aliphatic heterocycles. The van der Waals surface area contributed by atoms with Crippen LogP contribution < -0.4 is 15.8 Å². The summed E-state index contributed by atoms with van der Waals surface area (Å²) in [5.74, 6) is -0.357. The summed E-state index contributed by atoms with van der Waals surface area (Å²) in [6.07, 6.45) is 1.45. The minimum absolute atomic E-state index is 0.0454. The highest BCUT2D eigenvalue weighted by molar-refractivity contribution is 7.89. The molecule has 2 N–H and O–H groups in total. The number of nitrogens with one attached hydrogen (secondary N) is 2. The van der Waals surface area contributed by atoms with E-state index in [-0.39, 0.29) is 17.0 Å². The first-order valence-electron chi connectivity index (χ1n) is 7.35. The van der Waals surface area contributed by atoms with Crippen LogP contribution >= 0.6 is 0 Å². The molecule has 0 unspecified atom stereocenters. The Morgan fingerprint density at radius 1 is 1.12 bits per heavy atom. The van der Waals surface area contributed by atoms with Crippen molar-refractivity contribution in [2.24, 2.45) is 0 Å². The zero-order valence-corrected chi connectivity index (χ0v) is 14.2. The van der Waals surface area contributed by atoms with E-state index in [9.17, 15) is 18.0 Å². The number of hydrogen-bond acceptors (Lipinski definition) is 4. The summed E-state index contributed by atoms with van der Waals surface area (Å²) in [5, 5.41) is 0. The van der Waals surface area contributed by atoms with E-state index in [0.717, 1.165) is 5.56 Å². The van der Waals surface area contributed by atoms with Crippen LogP contribution in [0.5, 0.6) is 0 Å². The van der Waals surface area contributed by atoms with Gasteiger partial charge in [0.05, 0.1) is 4.90 Å². The molecule has 0 atom stereocenters. The van der Waals surface area contributed by atoms with E-state index in [2.05, 4.69) is 5.43 Å². The van der Waals surface area contributed by atoms with Crippen LogP contribution in [0.15, 0.2) is 58.4 Å². The summed E-state index contributed by atoms with van der Waals surface area (Å²) >= 11 is 0. The van der Waals surface area contributed by atoms with E-state index in [1.54, 1.807) is 24.3 Å². The summed E-state index contributed by atoms with van der Waals surface area (Å²) in [5.41, 5.74) is 2.77. The molecule has 0 spiro atoms. The molecule has 0 aliphatic carbocycles. The first kappa shape index (κ1) is 17.9. The van der Waals surface area contributed by atoms with Gasteiger partial charge in [-0.05, 0) is 29.7 Å². The van der Waals surface area contributed by atoms with E-state index in [1.807, 2.05) is 18.7 Å². The van der Waals surface area contributed by atoms with Crippen molar-refractivity contribution in [3.63, 3.8) is 0 Å². The van der Waals surface area contributed by atoms with Gasteiger partial charge in [0.25, 0.3) is 21.5 Å². The molecule has 0 saturated carbocycles. The average molecular weight is 349 g/mol. The first-order valence-corrected chi connectivity index (χ1v) is 8.84. The Morgan fingerprint density at radius 2 is 1.79 bits per heavy atom. The van der Waals surface area contributed by atoms with Crippen molar-refractivity contribution >= 4 is 15.9 Å². The third-order valence-electron chi connectivity index (χ3n) is 3.39. The van der Waals surface area contributed by atoms with Gasteiger partial charge in [-0.3, -0.25) is 15.0 Å². The Bertz CT molecular complexity index is 871. The molecule has 8 heteroatoms. The minimum Gasteiger partial charge on any atom is -0.306 e. The highest BCUT2D eigenvalue weighted by Crippen LogP contribution is 2.16. The topological polar surface area (TPSA) is 97.3 Å². The molecule has 2 rings (SSSR count). The largest absolute Gasteiger partial charge is 0.306 e. The molecule has 0 bridgehead atoms. The number of aromatic nitrogens is 1. The van der Waals surface area contributed by atoms with Gasteiger partial charge in [-0.2, -0.15) is 0 Å². The Kier molecular flexibility index (Phi) is 5.53. The fourth-order valence-corrected chi connectivity index (χ4v) is 2.86. The number of amides is 1. The van der Waals surface area contributed by atoms with Gasteiger partial charge >= 0.3 is 0 Å². The zero-order valence-electron chi connectivity index (χ0n) is 13.4. The van der Waals surface area contributed by atoms with E-state index < -0.39 is 15.9 Å². The number of pyridine rings is 1. The smallest absolute Gasteiger partial charge is 0.257 e. The summed E-state index contributed by atoms with van der Waals surface area (Å²) in [4.78, 5) is 25.4. The Balaban J connectivity index is 2.00. The van der Waals surface area contributed by atoms with E-state index >= 15 is 0 Å². The summed E-state index contributed by atoms with van der Waals surface area (Å²) in [6.45, 7) is 3.73. The van der Waals surface area contributed by atoms with Crippen molar-refractivity contribution in [3.05, 3.63) is 64.6 Å². The molecule has 0 radical (unpaired) electrons. The standard InChI is InChI=1S/C16H19N3O4S/c1-12(2)13-6-8-14(9-7-13)24(22,23)18-17-15(20)11-19-10-4-3-5-16(19)21/h3-10,12,18H,11H2,1-2H3,(H,17,20). The second kappa shape index (κ2) is 7.41. The van der Waals surface area contributed by atoms with Crippen molar-refractivity contribution in [2.75, 3.05) is 0 Å². The number of carbonyl (C=O) groups is 1. The van der Waals surface area contributed by atoms with Gasteiger partial charge in [0.15, 0.2) is 0 Å². The lowest BCUT2D eigenvalue weighted by molar-refractivity contribution is -0.122. The second-order valence-corrected chi connectivity index (χ2v) is 7.23. The van der Waals surface area contributed by atoms with Crippen molar-refractivity contribution < 1.29 is 13.2 Å². The fourth-order valence-electron chi connectivity index (χ4n) is 2.00. The zero-order chi connectivity index (χ0) is 17.7. The van der Waals surface area contributed by atoms with E-state index in [0.29, 0.717) is 5.92 Å². The number of nitrogens with zero attached hydrogens (tertiary/aromatic N) is 1. The maximum Gasteiger partial charge on any atom is 0.257 e. The van der Waals surface area contributed by atoms with Crippen LogP contribution in [0.4, 0.5) is 0 Å². The van der Waals surface area contributed by atoms with Gasteiger partial charge in [0, 0.05) is 12.3 Å². The normalized spacial score (nSPS) is 11.5. The number of benzene rings is 1. The third kappa shape index (κ3) is 4.53. The lowest BCUT2D eigenvalue weighted by atomic mass is 10.0. The number of rotatable bonds is 6. The molecule has 1 heterocycles. The van der Waals surface area contributed by atoms with Crippen molar-refractivity contribution in [1.29, 1.82) is 0 Å². The fraction of sp³-hybridized carbons (Fsp3) is 0.250. The third-order valence-corrected chi connectivity index (χ3v) is 4.66. The van der Waals surface area contributed by atoms with Crippen LogP contribution in [-0.4, -0.2) is 18.9 Å². The van der Waals surface area contributed by atoms with Crippen LogP contribution in [0.25, 0.3) is 0 Å². The monoisotopic (exact) mass is 349 g/mol. The molecule has 0 saturated heterocycles. The van der Waals surface area contributed by atoms with Crippen LogP contribution in [0.2, 0.25) is 0 Å². The molecule has 1 amide bonds. The number of hydrogen-bond donors (Lipinski definition) is 2. The van der Waals surface area contributed by atoms with Gasteiger partial charge in [0.1, 0.15) is 6.54 Å². The predicted octanol–water partition coefficient (Wildman–Crippen LogP) is 0.981. The maximum atomic E-state index is 12.1. The van der Waals surface area contributed by atoms with Gasteiger partial charge in [0.2, 0.25) is 0 Å². The lowest BCUT2D eigenvalue weighted by Crippen LogP contribution is -2.44. The molecule has 24 heavy (non-hydrogen) atoms. The molecule has 0 aliphatic rings. The van der Waals surface area contributed by atoms with Crippen molar-refractivity contribution in [3.8, 4) is 0 Å². The molecular formula is C16H19N3O4S. The van der Waals surface area contributed by atoms with Crippen LogP contribution in [0, 0.1) is 0 Å². The quantitative estimate of drug-likeness (QED) is 0.760. The van der Waals surface area contributed by atoms with Crippen LogP contribution in [0.1, 0.15) is 25.3 Å². The van der Waals surface area contributed by atoms with Gasteiger partial charge in [-0.15, -0.1) is 4.83 Å². The molecular weight excluding hydrogens is 330 g/mol. The molecule has 128 valence electrons. The highest BCUT2D eigenvalue weighted by Gasteiger charge is 2.15. The number of carbonyl (C=O) groups excluding carboxylic acids is 1. The van der Waals surface area contributed by atoms with E-state index in [1.165, 1.54) is 29.0 Å². The Hall–Kier alpha value is -2.45. The molecule has 7 nitrogen and oxygen atoms in total. The molecule has 0 fully saturated rings. The summed E-state index contributed by atoms with van der Waals surface area (Å²) in [7, 11) is -3.87. The number of sulfonamides is 1. The van der Waals surface area contributed by atoms with Crippen LogP contribution in [-0.2, 0) is 21.4 Å². The first-order chi connectivity index (χ1) is 11.3. The summed E-state index contributed by atoms with van der Waals surface area (Å²) < 4.78 is 25.5. The average Bonchev–Trinajstić information content (AvgIpc) is 2.55. The molecule has 1 aromatic heterocycles. The highest BCUT2D eigenvalue weighted by atomic mass is 32.2. The maximum absolute atomic E-state index is 12.1. The number of hydrazine groups is 1. The van der Waals surface area contributed by atoms with Crippen molar-refractivity contribution in [2.45, 2.75) is 31.2 Å². The van der Waals surface area contributed by atoms with Gasteiger partial charge in [-0.1, -0.05) is 32.0 Å². The molecule has 1 aromatic carbocycles. The Morgan fingerprint density at radius 3 is 2.38 bits per heavy atom. The Labute approximate surface area is 140 Å². The second-order valence-electron chi connectivity index (χ2n) is 5.54. The van der Waals surface area contributed by atoms with Crippen LogP contribution in [0.3, 0.4) is 0 Å². The minimum atomic E-state index is -3.87. The lowest BCUT2D eigenvalue weighted by Gasteiger charge is -2.10. The van der Waals surface area contributed by atoms with Crippen molar-refractivity contribution in [1.82, 2.24) is 14.8 Å². The predicted molar refractivity (Wildman–Crippen MR) is 89.7 cm³/mol. The molecule has 2 aromatic rings. The SMILES string of the molecule is CC(C)c1ccc(S(=O)(=O)NNC(=O)Cn2ccccc2=O)cc1. The van der Waals surface area contributed by atoms with Gasteiger partial charge < -0.3 is 4.57 Å². The van der Waals surface area contributed by atoms with Gasteiger partial charge in [-0.25, -0.2) is 8.42 Å². The summed E-state index contributed by atoms with van der Waals surface area (Å²) in [6, 6.07) is 10.9.